The van der Waals surface area contributed by atoms with E-state index >= 15 is 0 Å². The summed E-state index contributed by atoms with van der Waals surface area (Å²) >= 11 is 0. The van der Waals surface area contributed by atoms with Gasteiger partial charge in [-0.15, -0.1) is 0 Å². The van der Waals surface area contributed by atoms with Crippen LogP contribution in [0.25, 0.3) is 0 Å². The van der Waals surface area contributed by atoms with Crippen LogP contribution >= 0.6 is 0 Å². The van der Waals surface area contributed by atoms with Crippen molar-refractivity contribution in [3.05, 3.63) is 24.3 Å². The molecule has 154 valence electrons. The molecule has 1 aromatic rings. The first kappa shape index (κ1) is 20.6. The van der Waals surface area contributed by atoms with Gasteiger partial charge in [0.25, 0.3) is 12.3 Å². The molecule has 1 atom stereocenters. The van der Waals surface area contributed by atoms with Gasteiger partial charge in [0.05, 0.1) is 13.2 Å². The SMILES string of the molecule is NC[C@@H](C(=O)Nc1ccc(N2CCOCC2=O)cc1)N(CC(F)F)C1CCC1. The van der Waals surface area contributed by atoms with Gasteiger partial charge in [-0.05, 0) is 37.1 Å². The van der Waals surface area contributed by atoms with Crippen LogP contribution in [-0.2, 0) is 14.3 Å². The van der Waals surface area contributed by atoms with Crippen LogP contribution in [0.4, 0.5) is 20.2 Å². The van der Waals surface area contributed by atoms with Gasteiger partial charge >= 0.3 is 0 Å². The molecule has 2 aliphatic rings. The zero-order chi connectivity index (χ0) is 20.1. The second-order valence-electron chi connectivity index (χ2n) is 7.06. The number of morpholine rings is 1. The number of amides is 2. The largest absolute Gasteiger partial charge is 0.370 e. The summed E-state index contributed by atoms with van der Waals surface area (Å²) in [5.74, 6) is -0.514. The average Bonchev–Trinajstić information content (AvgIpc) is 2.61. The predicted octanol–water partition coefficient (Wildman–Crippen LogP) is 1.44. The zero-order valence-corrected chi connectivity index (χ0v) is 15.7. The van der Waals surface area contributed by atoms with Crippen molar-refractivity contribution in [3.63, 3.8) is 0 Å². The number of hydrogen-bond acceptors (Lipinski definition) is 5. The van der Waals surface area contributed by atoms with E-state index in [1.165, 1.54) is 4.90 Å². The van der Waals surface area contributed by atoms with Crippen molar-refractivity contribution >= 4 is 23.2 Å². The lowest BCUT2D eigenvalue weighted by Gasteiger charge is -2.41. The van der Waals surface area contributed by atoms with E-state index in [9.17, 15) is 18.4 Å². The van der Waals surface area contributed by atoms with E-state index in [1.807, 2.05) is 0 Å². The van der Waals surface area contributed by atoms with E-state index < -0.39 is 24.9 Å². The first-order chi connectivity index (χ1) is 13.5. The lowest BCUT2D eigenvalue weighted by atomic mass is 9.90. The molecule has 2 fully saturated rings. The summed E-state index contributed by atoms with van der Waals surface area (Å²) in [5.41, 5.74) is 7.00. The van der Waals surface area contributed by atoms with Gasteiger partial charge in [-0.25, -0.2) is 8.78 Å². The lowest BCUT2D eigenvalue weighted by molar-refractivity contribution is -0.126. The molecule has 3 rings (SSSR count). The van der Waals surface area contributed by atoms with E-state index in [2.05, 4.69) is 5.32 Å². The Morgan fingerprint density at radius 3 is 2.57 bits per heavy atom. The van der Waals surface area contributed by atoms with E-state index in [0.717, 1.165) is 24.9 Å². The molecule has 1 aromatic carbocycles. The summed E-state index contributed by atoms with van der Waals surface area (Å²) < 4.78 is 31.1. The van der Waals surface area contributed by atoms with Crippen LogP contribution in [-0.4, -0.2) is 68.1 Å². The Morgan fingerprint density at radius 2 is 2.04 bits per heavy atom. The molecule has 1 aliphatic carbocycles. The zero-order valence-electron chi connectivity index (χ0n) is 15.7. The summed E-state index contributed by atoms with van der Waals surface area (Å²) in [6.45, 7) is 0.512. The van der Waals surface area contributed by atoms with Crippen molar-refractivity contribution < 1.29 is 23.1 Å². The molecule has 0 spiro atoms. The van der Waals surface area contributed by atoms with E-state index in [4.69, 9.17) is 10.5 Å². The normalized spacial score (nSPS) is 19.0. The average molecular weight is 396 g/mol. The minimum Gasteiger partial charge on any atom is -0.370 e. The first-order valence-corrected chi connectivity index (χ1v) is 9.52. The molecular weight excluding hydrogens is 370 g/mol. The van der Waals surface area contributed by atoms with Crippen molar-refractivity contribution in [3.8, 4) is 0 Å². The fraction of sp³-hybridized carbons (Fsp3) is 0.579. The number of nitrogens with one attached hydrogen (secondary N) is 1. The molecule has 7 nitrogen and oxygen atoms in total. The molecule has 1 saturated heterocycles. The van der Waals surface area contributed by atoms with Crippen molar-refractivity contribution in [2.45, 2.75) is 37.8 Å². The summed E-state index contributed by atoms with van der Waals surface area (Å²) in [7, 11) is 0. The number of anilines is 2. The second kappa shape index (κ2) is 9.40. The highest BCUT2D eigenvalue weighted by Crippen LogP contribution is 2.27. The maximum absolute atomic E-state index is 13.0. The standard InChI is InChI=1S/C19H26F2N4O3/c20-17(21)11-25(14-2-1-3-14)16(10-22)19(27)23-13-4-6-15(7-5-13)24-8-9-28-12-18(24)26/h4-7,14,16-17H,1-3,8-12,22H2,(H,23,27)/t16-/m0/s1. The van der Waals surface area contributed by atoms with E-state index in [0.29, 0.717) is 18.8 Å². The van der Waals surface area contributed by atoms with Crippen LogP contribution in [0.2, 0.25) is 0 Å². The number of halogens is 2. The molecule has 1 heterocycles. The summed E-state index contributed by atoms with van der Waals surface area (Å²) in [5, 5.41) is 2.76. The van der Waals surface area contributed by atoms with Crippen LogP contribution in [0.3, 0.4) is 0 Å². The number of carbonyl (C=O) groups excluding carboxylic acids is 2. The second-order valence-corrected chi connectivity index (χ2v) is 7.06. The van der Waals surface area contributed by atoms with Crippen LogP contribution in [0.5, 0.6) is 0 Å². The number of hydrogen-bond donors (Lipinski definition) is 2. The quantitative estimate of drug-likeness (QED) is 0.694. The van der Waals surface area contributed by atoms with E-state index in [-0.39, 0.29) is 25.1 Å². The number of benzene rings is 1. The Hall–Kier alpha value is -2.10. The Morgan fingerprint density at radius 1 is 1.32 bits per heavy atom. The molecule has 3 N–H and O–H groups in total. The van der Waals surface area contributed by atoms with Crippen molar-refractivity contribution in [1.82, 2.24) is 4.90 Å². The van der Waals surface area contributed by atoms with Gasteiger partial charge in [0.15, 0.2) is 0 Å². The van der Waals surface area contributed by atoms with Gasteiger partial charge in [-0.1, -0.05) is 6.42 Å². The molecule has 28 heavy (non-hydrogen) atoms. The number of carbonyl (C=O) groups is 2. The maximum atomic E-state index is 13.0. The summed E-state index contributed by atoms with van der Waals surface area (Å²) in [6.07, 6.45) is 0.0653. The highest BCUT2D eigenvalue weighted by atomic mass is 19.3. The molecular formula is C19H26F2N4O3. The smallest absolute Gasteiger partial charge is 0.253 e. The number of ether oxygens (including phenoxy) is 1. The maximum Gasteiger partial charge on any atom is 0.253 e. The fourth-order valence-electron chi connectivity index (χ4n) is 3.54. The third-order valence-corrected chi connectivity index (χ3v) is 5.25. The van der Waals surface area contributed by atoms with Gasteiger partial charge in [-0.3, -0.25) is 14.5 Å². The minimum atomic E-state index is -2.52. The van der Waals surface area contributed by atoms with Gasteiger partial charge in [-0.2, -0.15) is 0 Å². The monoisotopic (exact) mass is 396 g/mol. The Labute approximate surface area is 162 Å². The van der Waals surface area contributed by atoms with Crippen LogP contribution in [0.15, 0.2) is 24.3 Å². The number of alkyl halides is 2. The van der Waals surface area contributed by atoms with Gasteiger partial charge < -0.3 is 20.7 Å². The van der Waals surface area contributed by atoms with Crippen LogP contribution in [0.1, 0.15) is 19.3 Å². The van der Waals surface area contributed by atoms with Gasteiger partial charge in [0, 0.05) is 30.5 Å². The molecule has 2 amide bonds. The molecule has 0 aromatic heterocycles. The number of nitrogens with zero attached hydrogens (tertiary/aromatic N) is 2. The van der Waals surface area contributed by atoms with Crippen molar-refractivity contribution in [2.75, 3.05) is 43.1 Å². The van der Waals surface area contributed by atoms with Crippen LogP contribution < -0.4 is 16.0 Å². The molecule has 9 heteroatoms. The van der Waals surface area contributed by atoms with E-state index in [1.54, 1.807) is 29.2 Å². The molecule has 1 aliphatic heterocycles. The topological polar surface area (TPSA) is 87.9 Å². The van der Waals surface area contributed by atoms with Gasteiger partial charge in [0.2, 0.25) is 5.91 Å². The third-order valence-electron chi connectivity index (χ3n) is 5.25. The first-order valence-electron chi connectivity index (χ1n) is 9.52. The molecule has 1 saturated carbocycles. The minimum absolute atomic E-state index is 0.0250. The Balaban J connectivity index is 1.65. The molecule has 0 unspecified atom stereocenters. The number of rotatable bonds is 8. The fourth-order valence-corrected chi connectivity index (χ4v) is 3.54. The number of nitrogens with two attached hydrogens (primary N) is 1. The molecule has 0 radical (unpaired) electrons. The summed E-state index contributed by atoms with van der Waals surface area (Å²) in [6, 6.07) is 6.01. The van der Waals surface area contributed by atoms with Gasteiger partial charge in [0.1, 0.15) is 12.6 Å². The summed E-state index contributed by atoms with van der Waals surface area (Å²) in [4.78, 5) is 27.7. The lowest BCUT2D eigenvalue weighted by Crippen LogP contribution is -2.56. The predicted molar refractivity (Wildman–Crippen MR) is 101 cm³/mol. The highest BCUT2D eigenvalue weighted by Gasteiger charge is 2.35. The van der Waals surface area contributed by atoms with Crippen LogP contribution in [0, 0.1) is 0 Å². The van der Waals surface area contributed by atoms with Crippen molar-refractivity contribution in [2.24, 2.45) is 5.73 Å². The molecule has 0 bridgehead atoms. The highest BCUT2D eigenvalue weighted by molar-refractivity contribution is 5.97. The van der Waals surface area contributed by atoms with Crippen molar-refractivity contribution in [1.29, 1.82) is 0 Å². The Bertz CT molecular complexity index is 682. The Kier molecular flexibility index (Phi) is 6.93. The third kappa shape index (κ3) is 4.84.